The molecule has 24 valence electrons. The van der Waals surface area contributed by atoms with E-state index in [1.54, 1.807) is 0 Å². The first-order valence-corrected chi connectivity index (χ1v) is 1.08. The Morgan fingerprint density at radius 3 is 1.50 bits per heavy atom. The van der Waals surface area contributed by atoms with Crippen LogP contribution < -0.4 is 0 Å². The zero-order valence-electron chi connectivity index (χ0n) is 2.23. The van der Waals surface area contributed by atoms with Crippen molar-refractivity contribution in [3.05, 3.63) is 0 Å². The summed E-state index contributed by atoms with van der Waals surface area (Å²) in [6, 6.07) is 0. The monoisotopic (exact) mass is 60.0 g/mol. The molecule has 2 heteroatoms. The van der Waals surface area contributed by atoms with E-state index in [2.05, 4.69) is 4.74 Å². The number of rotatable bonds is 0. The van der Waals surface area contributed by atoms with Crippen molar-refractivity contribution < 1.29 is 10.2 Å². The summed E-state index contributed by atoms with van der Waals surface area (Å²) in [5.41, 5.74) is 0. The van der Waals surface area contributed by atoms with Crippen LogP contribution in [0.25, 0.3) is 0 Å². The molecule has 1 rings (SSSR count). The normalized spacial score (nSPS) is 18.0. The number of epoxide rings is 1. The maximum absolute atomic E-state index is 4.50. The second-order valence-corrected chi connectivity index (χ2v) is 0.612. The molecule has 1 aliphatic rings. The first-order chi connectivity index (χ1) is 1.50. The molecular weight excluding hydrogens is 56.0 g/mol. The maximum atomic E-state index is 4.50. The lowest BCUT2D eigenvalue weighted by Gasteiger charge is -1.24. The van der Waals surface area contributed by atoms with Gasteiger partial charge in [-0.2, -0.15) is 0 Å². The van der Waals surface area contributed by atoms with Gasteiger partial charge in [-0.05, 0) is 0 Å². The minimum atomic E-state index is 0. The van der Waals surface area contributed by atoms with E-state index >= 15 is 0 Å². The Balaban J connectivity index is 0.0000000900. The molecule has 1 aliphatic heterocycles. The molecule has 2 nitrogen and oxygen atoms in total. The van der Waals surface area contributed by atoms with Crippen LogP contribution in [0.5, 0.6) is 0 Å². The van der Waals surface area contributed by atoms with Gasteiger partial charge in [0, 0.05) is 5.48 Å². The number of hydrogen-bond donors (Lipinski definition) is 0. The van der Waals surface area contributed by atoms with E-state index in [1.807, 2.05) is 0 Å². The van der Waals surface area contributed by atoms with Crippen LogP contribution in [0.4, 0.5) is 0 Å². The second kappa shape index (κ2) is 1.26. The van der Waals surface area contributed by atoms with Crippen LogP contribution in [0.15, 0.2) is 0 Å². The third-order valence-corrected chi connectivity index (χ3v) is 0.204. The molecule has 0 spiro atoms. The lowest BCUT2D eigenvalue weighted by Crippen LogP contribution is -1.20. The van der Waals surface area contributed by atoms with Crippen LogP contribution in [-0.4, -0.2) is 13.2 Å². The first-order valence-electron chi connectivity index (χ1n) is 1.08. The van der Waals surface area contributed by atoms with Crippen molar-refractivity contribution in [3.63, 3.8) is 0 Å². The highest BCUT2D eigenvalue weighted by Gasteiger charge is 1.94. The Bertz CT molecular complexity index is 8.75. The Morgan fingerprint density at radius 2 is 1.50 bits per heavy atom. The topological polar surface area (TPSA) is 41.0 Å². The molecule has 4 heavy (non-hydrogen) atoms. The predicted molar refractivity (Wildman–Crippen MR) is 11.5 cm³/mol. The zero-order chi connectivity index (χ0) is 2.12. The minimum absolute atomic E-state index is 0. The van der Waals surface area contributed by atoms with Crippen LogP contribution in [0.3, 0.4) is 0 Å². The largest absolute Gasteiger partial charge is 0.377 e. The van der Waals surface area contributed by atoms with Gasteiger partial charge in [-0.15, -0.1) is 0 Å². The predicted octanol–water partition coefficient (Wildman–Crippen LogP) is -0.102. The number of hydrogen-bond acceptors (Lipinski definition) is 1. The third kappa shape index (κ3) is 1.92. The molecule has 0 saturated carbocycles. The number of ether oxygens (including phenoxy) is 1. The van der Waals surface area contributed by atoms with Gasteiger partial charge in [-0.25, -0.2) is 0 Å². The van der Waals surface area contributed by atoms with E-state index in [1.165, 1.54) is 0 Å². The molecule has 0 unspecified atom stereocenters. The van der Waals surface area contributed by atoms with Crippen LogP contribution in [-0.2, 0) is 10.2 Å². The van der Waals surface area contributed by atoms with Gasteiger partial charge >= 0.3 is 0 Å². The van der Waals surface area contributed by atoms with Crippen LogP contribution in [0.2, 0.25) is 0 Å². The highest BCUT2D eigenvalue weighted by Crippen LogP contribution is 1.84. The average molecular weight is 60.1 g/mol. The summed E-state index contributed by atoms with van der Waals surface area (Å²) in [4.78, 5) is 0. The minimum Gasteiger partial charge on any atom is -0.377 e. The van der Waals surface area contributed by atoms with Gasteiger partial charge in [-0.3, -0.25) is 0 Å². The molecule has 0 amide bonds. The summed E-state index contributed by atoms with van der Waals surface area (Å²) in [5, 5.41) is 0. The van der Waals surface area contributed by atoms with Crippen molar-refractivity contribution in [1.82, 2.24) is 0 Å². The lowest BCUT2D eigenvalue weighted by molar-refractivity contribution is 0.475. The van der Waals surface area contributed by atoms with Gasteiger partial charge in [0.1, 0.15) is 0 Å². The third-order valence-electron chi connectivity index (χ3n) is 0.204. The molecule has 0 aliphatic carbocycles. The highest BCUT2D eigenvalue weighted by molar-refractivity contribution is 4.36. The van der Waals surface area contributed by atoms with Gasteiger partial charge < -0.3 is 4.74 Å². The fraction of sp³-hybridized carbons (Fsp3) is 1.00. The fourth-order valence-electron chi connectivity index (χ4n) is 0. The summed E-state index contributed by atoms with van der Waals surface area (Å²) in [6.07, 6.45) is 0. The van der Waals surface area contributed by atoms with E-state index in [9.17, 15) is 0 Å². The van der Waals surface area contributed by atoms with E-state index in [0.29, 0.717) is 0 Å². The second-order valence-electron chi connectivity index (χ2n) is 0.612. The quantitative estimate of drug-likeness (QED) is 0.360. The lowest BCUT2D eigenvalue weighted by atomic mass is 11.0. The first kappa shape index (κ1) is 3.92. The van der Waals surface area contributed by atoms with Gasteiger partial charge in [0.25, 0.3) is 0 Å². The average Bonchev–Trinajstić information content (AvgIpc) is 1.46. The molecule has 1 fully saturated rings. The molecular formula is C2H4O2. The zero-order valence-corrected chi connectivity index (χ0v) is 2.23. The molecule has 0 aromatic heterocycles. The summed E-state index contributed by atoms with van der Waals surface area (Å²) >= 11 is 0. The SMILES string of the molecule is C1CO1.[O]. The van der Waals surface area contributed by atoms with Crippen molar-refractivity contribution >= 4 is 0 Å². The molecule has 0 aromatic carbocycles. The molecule has 0 N–H and O–H groups in total. The van der Waals surface area contributed by atoms with Crippen molar-refractivity contribution in [2.45, 2.75) is 0 Å². The Hall–Kier alpha value is -0.0800. The molecule has 0 bridgehead atoms. The molecule has 1 saturated heterocycles. The van der Waals surface area contributed by atoms with E-state index in [0.717, 1.165) is 13.2 Å². The Labute approximate surface area is 24.7 Å². The smallest absolute Gasteiger partial charge is 0.0701 e. The van der Waals surface area contributed by atoms with Gasteiger partial charge in [-0.1, -0.05) is 0 Å². The van der Waals surface area contributed by atoms with E-state index in [-0.39, 0.29) is 5.48 Å². The van der Waals surface area contributed by atoms with Crippen LogP contribution in [0, 0.1) is 0 Å². The van der Waals surface area contributed by atoms with Crippen molar-refractivity contribution in [2.75, 3.05) is 13.2 Å². The Morgan fingerprint density at radius 1 is 1.25 bits per heavy atom. The van der Waals surface area contributed by atoms with Crippen molar-refractivity contribution in [2.24, 2.45) is 0 Å². The van der Waals surface area contributed by atoms with Gasteiger partial charge in [0.15, 0.2) is 0 Å². The maximum Gasteiger partial charge on any atom is 0.0701 e. The van der Waals surface area contributed by atoms with E-state index in [4.69, 9.17) is 0 Å². The van der Waals surface area contributed by atoms with Crippen molar-refractivity contribution in [1.29, 1.82) is 0 Å². The fourth-order valence-corrected chi connectivity index (χ4v) is 0. The van der Waals surface area contributed by atoms with Gasteiger partial charge in [0.05, 0.1) is 13.2 Å². The molecule has 2 radical (unpaired) electrons. The van der Waals surface area contributed by atoms with Crippen molar-refractivity contribution in [3.8, 4) is 0 Å². The summed E-state index contributed by atoms with van der Waals surface area (Å²) in [6.45, 7) is 2.00. The molecule has 0 atom stereocenters. The molecule has 0 aromatic rings. The van der Waals surface area contributed by atoms with Crippen LogP contribution >= 0.6 is 0 Å². The van der Waals surface area contributed by atoms with E-state index < -0.39 is 0 Å². The van der Waals surface area contributed by atoms with Gasteiger partial charge in [0.2, 0.25) is 0 Å². The highest BCUT2D eigenvalue weighted by atomic mass is 16.6. The Kier molecular flexibility index (Phi) is 1.24. The summed E-state index contributed by atoms with van der Waals surface area (Å²) < 4.78 is 4.50. The van der Waals surface area contributed by atoms with Crippen LogP contribution in [0.1, 0.15) is 0 Å². The summed E-state index contributed by atoms with van der Waals surface area (Å²) in [5.74, 6) is 0. The molecule has 1 heterocycles. The summed E-state index contributed by atoms with van der Waals surface area (Å²) in [7, 11) is 0. The standard InChI is InChI=1S/C2H4O.O/c1-2-3-1;/h1-2H2;.